The van der Waals surface area contributed by atoms with Crippen molar-refractivity contribution in [3.05, 3.63) is 53.7 Å². The highest BCUT2D eigenvalue weighted by molar-refractivity contribution is 6.04. The average molecular weight is 384 g/mol. The summed E-state index contributed by atoms with van der Waals surface area (Å²) in [5.74, 6) is -0.00815. The van der Waals surface area contributed by atoms with Crippen molar-refractivity contribution in [2.75, 3.05) is 57.1 Å². The molecule has 2 heterocycles. The topological polar surface area (TPSA) is 92.8 Å². The second-order valence-corrected chi connectivity index (χ2v) is 6.33. The summed E-state index contributed by atoms with van der Waals surface area (Å²) in [4.78, 5) is 30.5. The molecule has 2 aromatic rings. The molecular formula is C20H24N4O4. The molecule has 3 rings (SSSR count). The summed E-state index contributed by atoms with van der Waals surface area (Å²) >= 11 is 0. The molecule has 0 aliphatic carbocycles. The number of nitrogens with zero attached hydrogens (tertiary/aromatic N) is 2. The number of benzene rings is 1. The highest BCUT2D eigenvalue weighted by atomic mass is 16.5. The monoisotopic (exact) mass is 384 g/mol. The summed E-state index contributed by atoms with van der Waals surface area (Å²) in [5.41, 5.74) is 1.52. The normalized spacial score (nSPS) is 14.3. The number of rotatable bonds is 7. The zero-order chi connectivity index (χ0) is 19.8. The van der Waals surface area contributed by atoms with Crippen LogP contribution in [0.5, 0.6) is 0 Å². The number of aromatic nitrogens is 1. The Labute approximate surface area is 163 Å². The number of morpholine rings is 1. The third kappa shape index (κ3) is 5.51. The number of hydrogen-bond donors (Lipinski definition) is 2. The first-order valence-electron chi connectivity index (χ1n) is 9.15. The summed E-state index contributed by atoms with van der Waals surface area (Å²) in [6.45, 7) is 5.06. The maximum absolute atomic E-state index is 12.5. The summed E-state index contributed by atoms with van der Waals surface area (Å²) in [6, 6.07) is 9.90. The van der Waals surface area contributed by atoms with E-state index in [0.717, 1.165) is 39.4 Å². The van der Waals surface area contributed by atoms with Crippen LogP contribution in [-0.2, 0) is 9.47 Å². The average Bonchev–Trinajstić information content (AvgIpc) is 2.74. The number of carbonyl (C=O) groups excluding carboxylic acids is 2. The Morgan fingerprint density at radius 3 is 2.61 bits per heavy atom. The number of methoxy groups -OCH3 is 1. The lowest BCUT2D eigenvalue weighted by atomic mass is 10.2. The maximum atomic E-state index is 12.5. The highest BCUT2D eigenvalue weighted by Gasteiger charge is 2.11. The van der Waals surface area contributed by atoms with Crippen molar-refractivity contribution in [2.24, 2.45) is 0 Å². The minimum Gasteiger partial charge on any atom is -0.465 e. The first kappa shape index (κ1) is 19.8. The predicted molar refractivity (Wildman–Crippen MR) is 106 cm³/mol. The molecule has 1 aromatic carbocycles. The van der Waals surface area contributed by atoms with Crippen molar-refractivity contribution in [2.45, 2.75) is 0 Å². The van der Waals surface area contributed by atoms with E-state index in [4.69, 9.17) is 4.74 Å². The van der Waals surface area contributed by atoms with E-state index >= 15 is 0 Å². The van der Waals surface area contributed by atoms with E-state index in [-0.39, 0.29) is 5.91 Å². The summed E-state index contributed by atoms with van der Waals surface area (Å²) < 4.78 is 10.00. The number of hydrogen-bond acceptors (Lipinski definition) is 7. The largest absolute Gasteiger partial charge is 0.465 e. The van der Waals surface area contributed by atoms with Crippen LogP contribution in [0.4, 0.5) is 11.5 Å². The highest BCUT2D eigenvalue weighted by Crippen LogP contribution is 2.13. The molecule has 0 atom stereocenters. The van der Waals surface area contributed by atoms with Gasteiger partial charge in [-0.05, 0) is 36.4 Å². The van der Waals surface area contributed by atoms with Crippen LogP contribution in [0.1, 0.15) is 20.7 Å². The number of ether oxygens (including phenoxy) is 2. The molecule has 0 radical (unpaired) electrons. The van der Waals surface area contributed by atoms with E-state index in [9.17, 15) is 9.59 Å². The molecule has 2 N–H and O–H groups in total. The third-order valence-electron chi connectivity index (χ3n) is 4.42. The van der Waals surface area contributed by atoms with Gasteiger partial charge in [0.15, 0.2) is 0 Å². The van der Waals surface area contributed by atoms with Gasteiger partial charge in [0.25, 0.3) is 5.91 Å². The molecule has 1 fully saturated rings. The Morgan fingerprint density at radius 2 is 1.89 bits per heavy atom. The lowest BCUT2D eigenvalue weighted by Gasteiger charge is -2.26. The van der Waals surface area contributed by atoms with Crippen LogP contribution < -0.4 is 10.6 Å². The van der Waals surface area contributed by atoms with Crippen LogP contribution in [0.3, 0.4) is 0 Å². The Balaban J connectivity index is 1.53. The van der Waals surface area contributed by atoms with Gasteiger partial charge in [-0.15, -0.1) is 0 Å². The van der Waals surface area contributed by atoms with Gasteiger partial charge in [0.05, 0.1) is 25.9 Å². The molecule has 28 heavy (non-hydrogen) atoms. The zero-order valence-electron chi connectivity index (χ0n) is 15.8. The van der Waals surface area contributed by atoms with Gasteiger partial charge in [0.1, 0.15) is 5.82 Å². The minimum atomic E-state index is -0.417. The molecule has 148 valence electrons. The molecular weight excluding hydrogens is 360 g/mol. The SMILES string of the molecule is COC(=O)c1ccc(NC(=O)c2ccnc(NCCN3CCOCC3)c2)cc1. The summed E-state index contributed by atoms with van der Waals surface area (Å²) in [6.07, 6.45) is 1.60. The maximum Gasteiger partial charge on any atom is 0.337 e. The van der Waals surface area contributed by atoms with E-state index in [0.29, 0.717) is 22.6 Å². The zero-order valence-corrected chi connectivity index (χ0v) is 15.8. The smallest absolute Gasteiger partial charge is 0.337 e. The molecule has 1 amide bonds. The summed E-state index contributed by atoms with van der Waals surface area (Å²) in [5, 5.41) is 6.06. The number of amides is 1. The van der Waals surface area contributed by atoms with Gasteiger partial charge >= 0.3 is 5.97 Å². The van der Waals surface area contributed by atoms with Gasteiger partial charge in [-0.25, -0.2) is 9.78 Å². The van der Waals surface area contributed by atoms with Crippen molar-refractivity contribution in [1.82, 2.24) is 9.88 Å². The number of carbonyl (C=O) groups is 2. The Kier molecular flexibility index (Phi) is 6.94. The second kappa shape index (κ2) is 9.82. The van der Waals surface area contributed by atoms with Crippen LogP contribution in [0.25, 0.3) is 0 Å². The lowest BCUT2D eigenvalue weighted by molar-refractivity contribution is 0.0398. The Bertz CT molecular complexity index is 804. The van der Waals surface area contributed by atoms with Crippen molar-refractivity contribution >= 4 is 23.4 Å². The van der Waals surface area contributed by atoms with Crippen LogP contribution in [-0.4, -0.2) is 68.3 Å². The van der Waals surface area contributed by atoms with Crippen LogP contribution >= 0.6 is 0 Å². The first-order valence-corrected chi connectivity index (χ1v) is 9.15. The fraction of sp³-hybridized carbons (Fsp3) is 0.350. The fourth-order valence-corrected chi connectivity index (χ4v) is 2.85. The Hall–Kier alpha value is -2.97. The van der Waals surface area contributed by atoms with Crippen molar-refractivity contribution in [3.63, 3.8) is 0 Å². The van der Waals surface area contributed by atoms with Gasteiger partial charge in [-0.3, -0.25) is 9.69 Å². The number of nitrogens with one attached hydrogen (secondary N) is 2. The van der Waals surface area contributed by atoms with Crippen LogP contribution in [0, 0.1) is 0 Å². The van der Waals surface area contributed by atoms with Gasteiger partial charge in [-0.2, -0.15) is 0 Å². The molecule has 1 aliphatic heterocycles. The van der Waals surface area contributed by atoms with Gasteiger partial charge in [-0.1, -0.05) is 0 Å². The molecule has 0 saturated carbocycles. The fourth-order valence-electron chi connectivity index (χ4n) is 2.85. The number of pyridine rings is 1. The van der Waals surface area contributed by atoms with Crippen molar-refractivity contribution in [1.29, 1.82) is 0 Å². The molecule has 0 spiro atoms. The van der Waals surface area contributed by atoms with Crippen LogP contribution in [0.15, 0.2) is 42.6 Å². The standard InChI is InChI=1S/C20H24N4O4/c1-27-20(26)15-2-4-17(5-3-15)23-19(25)16-6-7-21-18(14-16)22-8-9-24-10-12-28-13-11-24/h2-7,14H,8-13H2,1H3,(H,21,22)(H,23,25). The molecule has 8 nitrogen and oxygen atoms in total. The second-order valence-electron chi connectivity index (χ2n) is 6.33. The van der Waals surface area contributed by atoms with E-state index in [1.165, 1.54) is 7.11 Å². The minimum absolute atomic E-state index is 0.246. The molecule has 0 unspecified atom stereocenters. The molecule has 1 aromatic heterocycles. The van der Waals surface area contributed by atoms with Gasteiger partial charge in [0.2, 0.25) is 0 Å². The van der Waals surface area contributed by atoms with E-state index in [1.54, 1.807) is 42.6 Å². The molecule has 1 aliphatic rings. The first-order chi connectivity index (χ1) is 13.7. The number of anilines is 2. The quantitative estimate of drug-likeness (QED) is 0.704. The van der Waals surface area contributed by atoms with E-state index < -0.39 is 5.97 Å². The Morgan fingerprint density at radius 1 is 1.14 bits per heavy atom. The van der Waals surface area contributed by atoms with E-state index in [2.05, 4.69) is 25.3 Å². The number of esters is 1. The van der Waals surface area contributed by atoms with E-state index in [1.807, 2.05) is 0 Å². The molecule has 0 bridgehead atoms. The lowest BCUT2D eigenvalue weighted by Crippen LogP contribution is -2.39. The third-order valence-corrected chi connectivity index (χ3v) is 4.42. The van der Waals surface area contributed by atoms with Crippen LogP contribution in [0.2, 0.25) is 0 Å². The van der Waals surface area contributed by atoms with Crippen molar-refractivity contribution in [3.8, 4) is 0 Å². The van der Waals surface area contributed by atoms with Crippen molar-refractivity contribution < 1.29 is 19.1 Å². The summed E-state index contributed by atoms with van der Waals surface area (Å²) in [7, 11) is 1.33. The van der Waals surface area contributed by atoms with Gasteiger partial charge < -0.3 is 20.1 Å². The van der Waals surface area contributed by atoms with Gasteiger partial charge in [0, 0.05) is 43.6 Å². The molecule has 1 saturated heterocycles. The predicted octanol–water partition coefficient (Wildman–Crippen LogP) is 1.86. The molecule has 8 heteroatoms.